The van der Waals surface area contributed by atoms with E-state index < -0.39 is 10.3 Å². The highest BCUT2D eigenvalue weighted by atomic mass is 32.2. The molecule has 0 aliphatic carbocycles. The summed E-state index contributed by atoms with van der Waals surface area (Å²) in [7, 11) is -2.53. The van der Waals surface area contributed by atoms with Gasteiger partial charge in [-0.25, -0.2) is 8.96 Å². The van der Waals surface area contributed by atoms with E-state index in [4.69, 9.17) is 8.92 Å². The average Bonchev–Trinajstić information content (AvgIpc) is 2.95. The summed E-state index contributed by atoms with van der Waals surface area (Å²) >= 11 is 0. The van der Waals surface area contributed by atoms with E-state index in [-0.39, 0.29) is 5.75 Å². The van der Waals surface area contributed by atoms with Crippen LogP contribution in [0.15, 0.2) is 49.6 Å². The van der Waals surface area contributed by atoms with Crippen molar-refractivity contribution in [3.63, 3.8) is 0 Å². The first-order chi connectivity index (χ1) is 9.56. The Morgan fingerprint density at radius 2 is 2.20 bits per heavy atom. The molecule has 1 aromatic heterocycles. The van der Waals surface area contributed by atoms with Crippen molar-refractivity contribution >= 4 is 10.3 Å². The van der Waals surface area contributed by atoms with Gasteiger partial charge in [0.2, 0.25) is 0 Å². The number of methoxy groups -OCH3 is 1. The molecule has 106 valence electrons. The first kappa shape index (κ1) is 14.1. The fraction of sp³-hybridized carbons (Fsp3) is 0.154. The summed E-state index contributed by atoms with van der Waals surface area (Å²) in [5.74, 6) is 0.460. The van der Waals surface area contributed by atoms with E-state index >= 15 is 0 Å². The third kappa shape index (κ3) is 3.00. The van der Waals surface area contributed by atoms with Crippen LogP contribution in [0.3, 0.4) is 0 Å². The van der Waals surface area contributed by atoms with Crippen LogP contribution in [0.1, 0.15) is 5.56 Å². The molecular weight excluding hydrogens is 280 g/mol. The van der Waals surface area contributed by atoms with Gasteiger partial charge in [-0.1, -0.05) is 12.1 Å². The van der Waals surface area contributed by atoms with Crippen LogP contribution in [0.5, 0.6) is 11.5 Å². The van der Waals surface area contributed by atoms with Gasteiger partial charge in [0, 0.05) is 12.4 Å². The fourth-order valence-corrected chi connectivity index (χ4v) is 2.43. The lowest BCUT2D eigenvalue weighted by molar-refractivity contribution is 0.388. The molecule has 2 aromatic rings. The van der Waals surface area contributed by atoms with Crippen molar-refractivity contribution in [3.05, 3.63) is 55.1 Å². The first-order valence-corrected chi connectivity index (χ1v) is 7.14. The molecule has 0 aliphatic rings. The maximum atomic E-state index is 12.0. The molecule has 0 amide bonds. The molecule has 0 saturated carbocycles. The molecule has 0 aliphatic heterocycles. The molecule has 0 saturated heterocycles. The number of nitrogens with zero attached hydrogens (tertiary/aromatic N) is 2. The highest BCUT2D eigenvalue weighted by molar-refractivity contribution is 7.85. The minimum Gasteiger partial charge on any atom is -0.493 e. The van der Waals surface area contributed by atoms with Gasteiger partial charge in [-0.2, -0.15) is 8.42 Å². The molecule has 0 fully saturated rings. The summed E-state index contributed by atoms with van der Waals surface area (Å²) in [5, 5.41) is 0. The number of benzene rings is 1. The lowest BCUT2D eigenvalue weighted by Gasteiger charge is -2.11. The molecule has 1 aromatic carbocycles. The molecule has 20 heavy (non-hydrogen) atoms. The highest BCUT2D eigenvalue weighted by Gasteiger charge is 2.17. The third-order valence-electron chi connectivity index (χ3n) is 2.54. The van der Waals surface area contributed by atoms with Crippen molar-refractivity contribution in [2.45, 2.75) is 6.42 Å². The summed E-state index contributed by atoms with van der Waals surface area (Å²) in [5.41, 5.74) is 0.948. The Labute approximate surface area is 117 Å². The maximum Gasteiger partial charge on any atom is 0.414 e. The topological polar surface area (TPSA) is 70.4 Å². The van der Waals surface area contributed by atoms with Gasteiger partial charge in [-0.3, -0.25) is 0 Å². The molecule has 6 nitrogen and oxygen atoms in total. The zero-order valence-electron chi connectivity index (χ0n) is 10.9. The van der Waals surface area contributed by atoms with Crippen LogP contribution in [0.4, 0.5) is 0 Å². The normalized spacial score (nSPS) is 11.1. The minimum absolute atomic E-state index is 0.119. The van der Waals surface area contributed by atoms with E-state index in [0.29, 0.717) is 12.2 Å². The van der Waals surface area contributed by atoms with Crippen LogP contribution in [-0.4, -0.2) is 24.5 Å². The lowest BCUT2D eigenvalue weighted by Crippen LogP contribution is -2.17. The van der Waals surface area contributed by atoms with Crippen LogP contribution in [0.2, 0.25) is 0 Å². The summed E-state index contributed by atoms with van der Waals surface area (Å²) in [6.45, 7) is 3.65. The van der Waals surface area contributed by atoms with Crippen molar-refractivity contribution in [2.75, 3.05) is 7.11 Å². The number of aromatic nitrogens is 2. The number of rotatable bonds is 6. The van der Waals surface area contributed by atoms with E-state index in [1.165, 1.54) is 19.5 Å². The minimum atomic E-state index is -3.97. The molecule has 1 heterocycles. The van der Waals surface area contributed by atoms with Gasteiger partial charge in [0.15, 0.2) is 11.5 Å². The van der Waals surface area contributed by atoms with Crippen molar-refractivity contribution in [3.8, 4) is 11.5 Å². The Morgan fingerprint density at radius 1 is 1.40 bits per heavy atom. The SMILES string of the molecule is C=CCc1ccc(OS(=O)(=O)n2ccnc2)c(OC)c1. The Balaban J connectivity index is 2.32. The van der Waals surface area contributed by atoms with Crippen LogP contribution in [0.25, 0.3) is 0 Å². The molecular formula is C13H14N2O4S. The fourth-order valence-electron chi connectivity index (χ4n) is 1.61. The predicted octanol–water partition coefficient (Wildman–Crippen LogP) is 1.79. The second kappa shape index (κ2) is 5.79. The molecule has 0 radical (unpaired) electrons. The predicted molar refractivity (Wildman–Crippen MR) is 74.1 cm³/mol. The Kier molecular flexibility index (Phi) is 4.09. The summed E-state index contributed by atoms with van der Waals surface area (Å²) in [4.78, 5) is 3.67. The molecule has 2 rings (SSSR count). The standard InChI is InChI=1S/C13H14N2O4S/c1-3-4-11-5-6-12(13(9-11)18-2)19-20(16,17)15-8-7-14-10-15/h3,5-10H,1,4H2,2H3. The van der Waals surface area contributed by atoms with Gasteiger partial charge >= 0.3 is 10.3 Å². The molecule has 0 unspecified atom stereocenters. The third-order valence-corrected chi connectivity index (χ3v) is 3.66. The number of allylic oxidation sites excluding steroid dienone is 1. The summed E-state index contributed by atoms with van der Waals surface area (Å²) in [6, 6.07) is 5.01. The van der Waals surface area contributed by atoms with E-state index in [1.54, 1.807) is 24.3 Å². The van der Waals surface area contributed by atoms with Crippen molar-refractivity contribution in [1.29, 1.82) is 0 Å². The maximum absolute atomic E-state index is 12.0. The van der Waals surface area contributed by atoms with E-state index in [1.807, 2.05) is 0 Å². The lowest BCUT2D eigenvalue weighted by atomic mass is 10.1. The number of ether oxygens (including phenoxy) is 1. The Morgan fingerprint density at radius 3 is 2.80 bits per heavy atom. The van der Waals surface area contributed by atoms with Crippen LogP contribution >= 0.6 is 0 Å². The summed E-state index contributed by atoms with van der Waals surface area (Å²) in [6.07, 6.45) is 6.19. The van der Waals surface area contributed by atoms with E-state index in [0.717, 1.165) is 15.9 Å². The largest absolute Gasteiger partial charge is 0.493 e. The van der Waals surface area contributed by atoms with Gasteiger partial charge in [-0.05, 0) is 24.1 Å². The van der Waals surface area contributed by atoms with Crippen molar-refractivity contribution in [2.24, 2.45) is 0 Å². The first-order valence-electron chi connectivity index (χ1n) is 5.77. The Bertz CT molecular complexity index is 693. The monoisotopic (exact) mass is 294 g/mol. The van der Waals surface area contributed by atoms with Crippen LogP contribution in [0, 0.1) is 0 Å². The number of hydrogen-bond donors (Lipinski definition) is 0. The highest BCUT2D eigenvalue weighted by Crippen LogP contribution is 2.29. The zero-order valence-corrected chi connectivity index (χ0v) is 11.7. The Hall–Kier alpha value is -2.28. The summed E-state index contributed by atoms with van der Waals surface area (Å²) < 4.78 is 35.0. The number of imidazole rings is 1. The molecule has 7 heteroatoms. The molecule has 0 bridgehead atoms. The van der Waals surface area contributed by atoms with Gasteiger partial charge in [0.25, 0.3) is 0 Å². The van der Waals surface area contributed by atoms with E-state index in [2.05, 4.69) is 11.6 Å². The van der Waals surface area contributed by atoms with Gasteiger partial charge < -0.3 is 8.92 Å². The second-order valence-electron chi connectivity index (χ2n) is 3.91. The smallest absolute Gasteiger partial charge is 0.414 e. The molecule has 0 spiro atoms. The number of hydrogen-bond acceptors (Lipinski definition) is 5. The van der Waals surface area contributed by atoms with Gasteiger partial charge in [0.1, 0.15) is 6.33 Å². The van der Waals surface area contributed by atoms with Crippen molar-refractivity contribution < 1.29 is 17.3 Å². The second-order valence-corrected chi connectivity index (χ2v) is 5.36. The van der Waals surface area contributed by atoms with E-state index in [9.17, 15) is 8.42 Å². The quantitative estimate of drug-likeness (QED) is 0.760. The van der Waals surface area contributed by atoms with Crippen molar-refractivity contribution in [1.82, 2.24) is 8.96 Å². The van der Waals surface area contributed by atoms with Gasteiger partial charge in [0.05, 0.1) is 7.11 Å². The molecule has 0 atom stereocenters. The van der Waals surface area contributed by atoms with Crippen LogP contribution < -0.4 is 8.92 Å². The molecule has 0 N–H and O–H groups in total. The van der Waals surface area contributed by atoms with Crippen LogP contribution in [-0.2, 0) is 16.7 Å². The zero-order chi connectivity index (χ0) is 14.6. The van der Waals surface area contributed by atoms with Gasteiger partial charge in [-0.15, -0.1) is 6.58 Å². The average molecular weight is 294 g/mol.